The standard InChI is InChI=1S/C27H30N4.2ClHO4/c1-28(2)25-15-19-30(20-16-25)27(23-11-7-5-8-12-23,24-13-9-6-10-14-24)31-21-17-26(18-22-31)29(3)4;2*2-1(3,4)5/h5-22H,1-4H3;2*(H,2,3,4,5)/q+2;;/p-2. The Balaban J connectivity index is 0.000000507. The van der Waals surface area contributed by atoms with Gasteiger partial charge in [0.25, 0.3) is 0 Å². The van der Waals surface area contributed by atoms with Crippen molar-refractivity contribution in [2.75, 3.05) is 38.0 Å². The molecule has 220 valence electrons. The molecule has 0 spiro atoms. The van der Waals surface area contributed by atoms with Crippen LogP contribution < -0.4 is 56.2 Å². The number of hydrogen-bond acceptors (Lipinski definition) is 10. The van der Waals surface area contributed by atoms with Crippen molar-refractivity contribution in [3.63, 3.8) is 0 Å². The van der Waals surface area contributed by atoms with E-state index < -0.39 is 26.1 Å². The molecule has 0 radical (unpaired) electrons. The Hall–Kier alpha value is -3.40. The maximum absolute atomic E-state index is 8.49. The highest BCUT2D eigenvalue weighted by Crippen LogP contribution is 2.27. The molecule has 4 rings (SSSR count). The topological polar surface area (TPSA) is 199 Å². The van der Waals surface area contributed by atoms with Crippen LogP contribution >= 0.6 is 0 Å². The van der Waals surface area contributed by atoms with Crippen molar-refractivity contribution in [2.24, 2.45) is 0 Å². The first-order valence-corrected chi connectivity index (χ1v) is 14.2. The molecule has 0 N–H and O–H groups in total. The molecule has 0 atom stereocenters. The smallest absolute Gasteiger partial charge is 0.377 e. The summed E-state index contributed by atoms with van der Waals surface area (Å²) in [6.07, 6.45) is 8.68. The van der Waals surface area contributed by atoms with Gasteiger partial charge in [0, 0.05) is 63.8 Å². The molecule has 4 aromatic rings. The van der Waals surface area contributed by atoms with Crippen molar-refractivity contribution in [1.29, 1.82) is 0 Å². The largest absolute Gasteiger partial charge is 0.414 e. The zero-order valence-electron chi connectivity index (χ0n) is 22.7. The van der Waals surface area contributed by atoms with Gasteiger partial charge in [0.1, 0.15) is 11.1 Å². The van der Waals surface area contributed by atoms with Gasteiger partial charge < -0.3 is 9.80 Å². The Bertz CT molecular complexity index is 1200. The Morgan fingerprint density at radius 2 is 0.707 bits per heavy atom. The predicted molar refractivity (Wildman–Crippen MR) is 126 cm³/mol. The third-order valence-electron chi connectivity index (χ3n) is 5.76. The molecule has 2 aromatic carbocycles. The van der Waals surface area contributed by atoms with Crippen LogP contribution in [0.3, 0.4) is 0 Å². The molecule has 0 fully saturated rings. The van der Waals surface area contributed by atoms with Crippen LogP contribution in [-0.4, -0.2) is 28.2 Å². The van der Waals surface area contributed by atoms with E-state index in [-0.39, 0.29) is 0 Å². The molecular formula is C27H30Cl2N4O8. The molecule has 0 unspecified atom stereocenters. The zero-order chi connectivity index (χ0) is 30.8. The summed E-state index contributed by atoms with van der Waals surface area (Å²) >= 11 is 0. The van der Waals surface area contributed by atoms with Crippen molar-refractivity contribution < 1.29 is 66.9 Å². The molecule has 0 bridgehead atoms. The molecule has 41 heavy (non-hydrogen) atoms. The first-order chi connectivity index (χ1) is 19.0. The number of hydrogen-bond donors (Lipinski definition) is 0. The van der Waals surface area contributed by atoms with Gasteiger partial charge in [-0.3, -0.25) is 0 Å². The summed E-state index contributed by atoms with van der Waals surface area (Å²) in [6, 6.07) is 30.0. The number of pyridine rings is 2. The van der Waals surface area contributed by atoms with E-state index in [1.54, 1.807) is 0 Å². The van der Waals surface area contributed by atoms with E-state index in [4.69, 9.17) is 37.3 Å². The Morgan fingerprint density at radius 1 is 0.463 bits per heavy atom. The summed E-state index contributed by atoms with van der Waals surface area (Å²) in [5.74, 6) is 0. The average Bonchev–Trinajstić information content (AvgIpc) is 2.89. The van der Waals surface area contributed by atoms with Crippen molar-refractivity contribution in [2.45, 2.75) is 5.66 Å². The minimum absolute atomic E-state index is 0.571. The van der Waals surface area contributed by atoms with Gasteiger partial charge in [-0.1, -0.05) is 36.4 Å². The fraction of sp³-hybridized carbons (Fsp3) is 0.185. The molecule has 0 saturated heterocycles. The van der Waals surface area contributed by atoms with Gasteiger partial charge in [-0.2, -0.15) is 0 Å². The normalized spacial score (nSPS) is 11.4. The third-order valence-corrected chi connectivity index (χ3v) is 5.76. The quantitative estimate of drug-likeness (QED) is 0.190. The Labute approximate surface area is 242 Å². The highest BCUT2D eigenvalue weighted by Gasteiger charge is 2.53. The highest BCUT2D eigenvalue weighted by molar-refractivity contribution is 5.43. The van der Waals surface area contributed by atoms with Crippen molar-refractivity contribution in [3.8, 4) is 0 Å². The monoisotopic (exact) mass is 608 g/mol. The minimum atomic E-state index is -4.94. The first-order valence-electron chi connectivity index (χ1n) is 11.8. The van der Waals surface area contributed by atoms with Gasteiger partial charge in [0.05, 0.1) is 0 Å². The average molecular weight is 609 g/mol. The van der Waals surface area contributed by atoms with E-state index in [2.05, 4.69) is 157 Å². The SMILES string of the molecule is CN(C)c1cc[n+](C(c2ccccc2)(c2ccccc2)[n+]2ccc(N(C)C)cc2)cc1.[O-][Cl+3]([O-])([O-])[O-].[O-][Cl+3]([O-])([O-])[O-]. The molecule has 0 aliphatic carbocycles. The second-order valence-electron chi connectivity index (χ2n) is 8.88. The summed E-state index contributed by atoms with van der Waals surface area (Å²) in [6.45, 7) is 0. The molecule has 14 heteroatoms. The van der Waals surface area contributed by atoms with E-state index in [0.29, 0.717) is 0 Å². The first kappa shape index (κ1) is 33.8. The molecular weight excluding hydrogens is 579 g/mol. The maximum Gasteiger partial charge on any atom is 0.414 e. The maximum atomic E-state index is 8.49. The fourth-order valence-electron chi connectivity index (χ4n) is 4.10. The van der Waals surface area contributed by atoms with Gasteiger partial charge in [-0.05, 0) is 24.3 Å². The van der Waals surface area contributed by atoms with Crippen LogP contribution in [-0.2, 0) is 5.66 Å². The third kappa shape index (κ3) is 10.5. The van der Waals surface area contributed by atoms with E-state index in [1.807, 2.05) is 0 Å². The summed E-state index contributed by atoms with van der Waals surface area (Å²) in [7, 11) is -1.63. The Kier molecular flexibility index (Phi) is 11.9. The van der Waals surface area contributed by atoms with Crippen LogP contribution in [0.1, 0.15) is 11.1 Å². The van der Waals surface area contributed by atoms with Crippen LogP contribution in [0.4, 0.5) is 11.4 Å². The second kappa shape index (κ2) is 14.5. The fourth-order valence-corrected chi connectivity index (χ4v) is 4.10. The van der Waals surface area contributed by atoms with Crippen molar-refractivity contribution in [1.82, 2.24) is 0 Å². The highest BCUT2D eigenvalue weighted by atomic mass is 35.7. The lowest BCUT2D eigenvalue weighted by Gasteiger charge is -2.25. The van der Waals surface area contributed by atoms with Gasteiger partial charge in [-0.25, -0.2) is 37.3 Å². The van der Waals surface area contributed by atoms with Crippen LogP contribution in [0.5, 0.6) is 0 Å². The summed E-state index contributed by atoms with van der Waals surface area (Å²) in [4.78, 5) is 4.24. The molecule has 0 aliphatic heterocycles. The number of aromatic nitrogens is 2. The molecule has 0 aliphatic rings. The number of nitrogens with zero attached hydrogens (tertiary/aromatic N) is 4. The van der Waals surface area contributed by atoms with Gasteiger partial charge in [-0.15, -0.1) is 29.6 Å². The number of rotatable bonds is 6. The number of halogens is 2. The molecule has 0 saturated carbocycles. The molecule has 2 aromatic heterocycles. The van der Waals surface area contributed by atoms with Crippen molar-refractivity contribution in [3.05, 3.63) is 121 Å². The predicted octanol–water partition coefficient (Wildman–Crippen LogP) is -5.82. The lowest BCUT2D eigenvalue weighted by molar-refractivity contribution is -2.00. The summed E-state index contributed by atoms with van der Waals surface area (Å²) in [5, 5.41) is 0. The zero-order valence-corrected chi connectivity index (χ0v) is 24.2. The number of benzene rings is 2. The second-order valence-corrected chi connectivity index (χ2v) is 10.4. The summed E-state index contributed by atoms with van der Waals surface area (Å²) < 4.78 is 72.5. The van der Waals surface area contributed by atoms with Gasteiger partial charge in [0.2, 0.25) is 0 Å². The van der Waals surface area contributed by atoms with E-state index >= 15 is 0 Å². The molecule has 2 heterocycles. The van der Waals surface area contributed by atoms with Crippen molar-refractivity contribution >= 4 is 11.4 Å². The van der Waals surface area contributed by atoms with Gasteiger partial charge in [0.15, 0.2) is 24.8 Å². The van der Waals surface area contributed by atoms with Crippen LogP contribution in [0.2, 0.25) is 0 Å². The van der Waals surface area contributed by atoms with E-state index in [0.717, 1.165) is 0 Å². The molecule has 12 nitrogen and oxygen atoms in total. The summed E-state index contributed by atoms with van der Waals surface area (Å²) in [5.41, 5.74) is 4.13. The van der Waals surface area contributed by atoms with E-state index in [1.165, 1.54) is 22.5 Å². The molecule has 0 amide bonds. The van der Waals surface area contributed by atoms with E-state index in [9.17, 15) is 0 Å². The lowest BCUT2D eigenvalue weighted by Crippen LogP contribution is -2.74. The van der Waals surface area contributed by atoms with Gasteiger partial charge >= 0.3 is 5.66 Å². The lowest BCUT2D eigenvalue weighted by atomic mass is 9.89. The van der Waals surface area contributed by atoms with Crippen LogP contribution in [0.25, 0.3) is 0 Å². The Morgan fingerprint density at radius 3 is 0.927 bits per heavy atom. The minimum Gasteiger partial charge on any atom is -0.377 e. The van der Waals surface area contributed by atoms with Crippen LogP contribution in [0.15, 0.2) is 110 Å². The van der Waals surface area contributed by atoms with Crippen LogP contribution in [0, 0.1) is 20.5 Å². The number of anilines is 2.